The van der Waals surface area contributed by atoms with Crippen LogP contribution in [0.25, 0.3) is 0 Å². The van der Waals surface area contributed by atoms with E-state index in [9.17, 15) is 13.5 Å². The topological polar surface area (TPSA) is 63.6 Å². The average Bonchev–Trinajstić information content (AvgIpc) is 2.81. The second-order valence-electron chi connectivity index (χ2n) is 5.97. The number of hydrogen-bond donors (Lipinski definition) is 1. The van der Waals surface area contributed by atoms with Gasteiger partial charge in [-0.25, -0.2) is 8.42 Å². The highest BCUT2D eigenvalue weighted by Crippen LogP contribution is 2.28. The molecular formula is C15H22O4S. The van der Waals surface area contributed by atoms with Crippen molar-refractivity contribution in [3.8, 4) is 5.75 Å². The van der Waals surface area contributed by atoms with Crippen LogP contribution in [0.5, 0.6) is 5.75 Å². The molecule has 0 bridgehead atoms. The molecule has 0 amide bonds. The highest BCUT2D eigenvalue weighted by Gasteiger charge is 2.37. The minimum absolute atomic E-state index is 0.430. The van der Waals surface area contributed by atoms with Crippen LogP contribution in [0.3, 0.4) is 0 Å². The van der Waals surface area contributed by atoms with E-state index in [4.69, 9.17) is 4.74 Å². The normalized spacial score (nSPS) is 16.6. The average molecular weight is 298 g/mol. The number of aliphatic hydroxyl groups excluding tert-OH is 1. The summed E-state index contributed by atoms with van der Waals surface area (Å²) in [7, 11) is -3.29. The van der Waals surface area contributed by atoms with Gasteiger partial charge in [-0.05, 0) is 43.9 Å². The van der Waals surface area contributed by atoms with E-state index in [0.717, 1.165) is 24.3 Å². The summed E-state index contributed by atoms with van der Waals surface area (Å²) in [5.74, 6) is 0.936. The van der Waals surface area contributed by atoms with Crippen LogP contribution >= 0.6 is 0 Å². The van der Waals surface area contributed by atoms with Crippen molar-refractivity contribution in [3.05, 3.63) is 29.3 Å². The molecule has 1 unspecified atom stereocenters. The third-order valence-corrected chi connectivity index (χ3v) is 6.40. The lowest BCUT2D eigenvalue weighted by Gasteiger charge is -2.28. The first-order valence-electron chi connectivity index (χ1n) is 6.84. The molecule has 0 aliphatic carbocycles. The van der Waals surface area contributed by atoms with E-state index in [1.165, 1.54) is 11.8 Å². The maximum atomic E-state index is 11.7. The SMILES string of the molecule is CC(C)(C(O)CCc1ccc2c(c1)CCO2)S(C)(=O)=O. The highest BCUT2D eigenvalue weighted by molar-refractivity contribution is 7.92. The highest BCUT2D eigenvalue weighted by atomic mass is 32.2. The van der Waals surface area contributed by atoms with Crippen molar-refractivity contribution in [2.24, 2.45) is 0 Å². The van der Waals surface area contributed by atoms with Crippen molar-refractivity contribution in [1.29, 1.82) is 0 Å². The summed E-state index contributed by atoms with van der Waals surface area (Å²) >= 11 is 0. The van der Waals surface area contributed by atoms with Gasteiger partial charge < -0.3 is 9.84 Å². The summed E-state index contributed by atoms with van der Waals surface area (Å²) in [6.45, 7) is 3.87. The first-order valence-corrected chi connectivity index (χ1v) is 8.73. The van der Waals surface area contributed by atoms with Crippen molar-refractivity contribution in [3.63, 3.8) is 0 Å². The smallest absolute Gasteiger partial charge is 0.155 e. The van der Waals surface area contributed by atoms with E-state index in [1.807, 2.05) is 12.1 Å². The fourth-order valence-electron chi connectivity index (χ4n) is 2.29. The first kappa shape index (κ1) is 15.3. The zero-order chi connectivity index (χ0) is 15.0. The second kappa shape index (κ2) is 5.37. The number of aliphatic hydroxyl groups is 1. The van der Waals surface area contributed by atoms with Crippen molar-refractivity contribution in [2.45, 2.75) is 44.0 Å². The molecule has 112 valence electrons. The molecular weight excluding hydrogens is 276 g/mol. The van der Waals surface area contributed by atoms with Gasteiger partial charge in [-0.2, -0.15) is 0 Å². The molecule has 0 saturated heterocycles. The quantitative estimate of drug-likeness (QED) is 0.899. The third kappa shape index (κ3) is 2.99. The van der Waals surface area contributed by atoms with E-state index >= 15 is 0 Å². The van der Waals surface area contributed by atoms with Crippen LogP contribution in [-0.4, -0.2) is 37.2 Å². The van der Waals surface area contributed by atoms with E-state index < -0.39 is 20.7 Å². The van der Waals surface area contributed by atoms with Gasteiger partial charge in [0.25, 0.3) is 0 Å². The minimum Gasteiger partial charge on any atom is -0.493 e. The summed E-state index contributed by atoms with van der Waals surface area (Å²) in [6.07, 6.45) is 2.30. The Morgan fingerprint density at radius 1 is 1.40 bits per heavy atom. The Kier molecular flexibility index (Phi) is 4.12. The van der Waals surface area contributed by atoms with Gasteiger partial charge in [0.15, 0.2) is 9.84 Å². The molecule has 2 rings (SSSR count). The predicted molar refractivity (Wildman–Crippen MR) is 78.9 cm³/mol. The first-order chi connectivity index (χ1) is 9.22. The summed E-state index contributed by atoms with van der Waals surface area (Å²) in [5.41, 5.74) is 2.30. The van der Waals surface area contributed by atoms with Crippen LogP contribution < -0.4 is 4.74 Å². The molecule has 1 atom stereocenters. The molecule has 4 nitrogen and oxygen atoms in total. The monoisotopic (exact) mass is 298 g/mol. The molecule has 0 aromatic heterocycles. The predicted octanol–water partition coefficient (Wildman–Crippen LogP) is 1.74. The van der Waals surface area contributed by atoms with Crippen LogP contribution in [0.4, 0.5) is 0 Å². The molecule has 1 aromatic rings. The van der Waals surface area contributed by atoms with Gasteiger partial charge in [-0.1, -0.05) is 12.1 Å². The van der Waals surface area contributed by atoms with Crippen LogP contribution in [0.2, 0.25) is 0 Å². The number of sulfone groups is 1. The molecule has 0 spiro atoms. The van der Waals surface area contributed by atoms with Gasteiger partial charge in [0.1, 0.15) is 5.75 Å². The Balaban J connectivity index is 2.02. The van der Waals surface area contributed by atoms with E-state index in [2.05, 4.69) is 6.07 Å². The molecule has 1 N–H and O–H groups in total. The maximum absolute atomic E-state index is 11.7. The Labute approximate surface area is 120 Å². The lowest BCUT2D eigenvalue weighted by atomic mass is 9.97. The van der Waals surface area contributed by atoms with E-state index in [0.29, 0.717) is 12.8 Å². The second-order valence-corrected chi connectivity index (χ2v) is 8.57. The number of ether oxygens (including phenoxy) is 1. The molecule has 1 aromatic carbocycles. The standard InChI is InChI=1S/C15H22O4S/c1-15(2,20(3,17)18)14(16)7-5-11-4-6-13-12(10-11)8-9-19-13/h4,6,10,14,16H,5,7-9H2,1-3H3. The molecule has 20 heavy (non-hydrogen) atoms. The summed E-state index contributed by atoms with van der Waals surface area (Å²) < 4.78 is 27.7. The number of rotatable bonds is 5. The van der Waals surface area contributed by atoms with Crippen molar-refractivity contribution in [1.82, 2.24) is 0 Å². The molecule has 1 aliphatic heterocycles. The van der Waals surface area contributed by atoms with Crippen LogP contribution in [0, 0.1) is 0 Å². The molecule has 0 radical (unpaired) electrons. The third-order valence-electron chi connectivity index (χ3n) is 4.22. The Morgan fingerprint density at radius 2 is 2.10 bits per heavy atom. The van der Waals surface area contributed by atoms with Gasteiger partial charge in [0, 0.05) is 12.7 Å². The van der Waals surface area contributed by atoms with Crippen molar-refractivity contribution >= 4 is 9.84 Å². The van der Waals surface area contributed by atoms with Gasteiger partial charge in [-0.3, -0.25) is 0 Å². The minimum atomic E-state index is -3.29. The van der Waals surface area contributed by atoms with E-state index in [1.54, 1.807) is 13.8 Å². The molecule has 0 fully saturated rings. The molecule has 1 aliphatic rings. The van der Waals surface area contributed by atoms with Crippen LogP contribution in [0.15, 0.2) is 18.2 Å². The zero-order valence-electron chi connectivity index (χ0n) is 12.2. The Morgan fingerprint density at radius 3 is 2.75 bits per heavy atom. The molecule has 0 saturated carbocycles. The van der Waals surface area contributed by atoms with Gasteiger partial charge >= 0.3 is 0 Å². The van der Waals surface area contributed by atoms with Crippen molar-refractivity contribution < 1.29 is 18.3 Å². The maximum Gasteiger partial charge on any atom is 0.155 e. The largest absolute Gasteiger partial charge is 0.493 e. The number of fused-ring (bicyclic) bond motifs is 1. The lowest BCUT2D eigenvalue weighted by Crippen LogP contribution is -2.43. The lowest BCUT2D eigenvalue weighted by molar-refractivity contribution is 0.128. The molecule has 1 heterocycles. The summed E-state index contributed by atoms with van der Waals surface area (Å²) in [6, 6.07) is 6.01. The van der Waals surface area contributed by atoms with Gasteiger partial charge in [-0.15, -0.1) is 0 Å². The summed E-state index contributed by atoms with van der Waals surface area (Å²) in [5, 5.41) is 10.2. The number of hydrogen-bond acceptors (Lipinski definition) is 4. The van der Waals surface area contributed by atoms with Crippen LogP contribution in [-0.2, 0) is 22.7 Å². The fraction of sp³-hybridized carbons (Fsp3) is 0.600. The van der Waals surface area contributed by atoms with Crippen molar-refractivity contribution in [2.75, 3.05) is 12.9 Å². The van der Waals surface area contributed by atoms with Gasteiger partial charge in [0.2, 0.25) is 0 Å². The number of aryl methyl sites for hydroxylation is 1. The van der Waals surface area contributed by atoms with Gasteiger partial charge in [0.05, 0.1) is 17.5 Å². The zero-order valence-corrected chi connectivity index (χ0v) is 13.0. The Hall–Kier alpha value is -1.07. The molecule has 5 heteroatoms. The van der Waals surface area contributed by atoms with E-state index in [-0.39, 0.29) is 0 Å². The van der Waals surface area contributed by atoms with Crippen LogP contribution in [0.1, 0.15) is 31.4 Å². The fourth-order valence-corrected chi connectivity index (χ4v) is 2.91. The summed E-state index contributed by atoms with van der Waals surface area (Å²) in [4.78, 5) is 0. The number of benzene rings is 1. The Bertz CT molecular complexity index is 590.